The molecule has 0 fully saturated rings. The molecule has 3 heteroatoms. The molecule has 1 aromatic carbocycles. The lowest BCUT2D eigenvalue weighted by atomic mass is 10.0. The van der Waals surface area contributed by atoms with Gasteiger partial charge < -0.3 is 0 Å². The predicted molar refractivity (Wildman–Crippen MR) is 92.9 cm³/mol. The molecule has 3 rings (SSSR count). The van der Waals surface area contributed by atoms with Crippen LogP contribution in [0.1, 0.15) is 28.9 Å². The Morgan fingerprint density at radius 3 is 2.83 bits per heavy atom. The molecule has 0 bridgehead atoms. The molecule has 2 heterocycles. The molecule has 0 spiro atoms. The third kappa shape index (κ3) is 3.87. The second-order valence-electron chi connectivity index (χ2n) is 5.61. The number of benzene rings is 1. The summed E-state index contributed by atoms with van der Waals surface area (Å²) in [5.41, 5.74) is 6.59. The summed E-state index contributed by atoms with van der Waals surface area (Å²) >= 11 is 0. The molecule has 0 atom stereocenters. The average molecular weight is 301 g/mol. The molecule has 114 valence electrons. The van der Waals surface area contributed by atoms with Gasteiger partial charge in [0.1, 0.15) is 5.69 Å². The number of aryl methyl sites for hydroxylation is 3. The summed E-state index contributed by atoms with van der Waals surface area (Å²) in [6.07, 6.45) is 3.40. The van der Waals surface area contributed by atoms with Crippen LogP contribution in [0.2, 0.25) is 0 Å². The van der Waals surface area contributed by atoms with E-state index < -0.39 is 0 Å². The van der Waals surface area contributed by atoms with E-state index in [9.17, 15) is 0 Å². The van der Waals surface area contributed by atoms with Crippen LogP contribution in [0.3, 0.4) is 0 Å². The van der Waals surface area contributed by atoms with Crippen molar-refractivity contribution in [2.75, 3.05) is 0 Å². The quantitative estimate of drug-likeness (QED) is 0.741. The van der Waals surface area contributed by atoms with Gasteiger partial charge in [-0.3, -0.25) is 5.10 Å². The molecule has 3 nitrogen and oxygen atoms in total. The van der Waals surface area contributed by atoms with Gasteiger partial charge in [0.2, 0.25) is 0 Å². The van der Waals surface area contributed by atoms with Crippen LogP contribution < -0.4 is 0 Å². The van der Waals surface area contributed by atoms with Crippen molar-refractivity contribution < 1.29 is 0 Å². The van der Waals surface area contributed by atoms with Gasteiger partial charge in [-0.1, -0.05) is 29.7 Å². The first kappa shape index (κ1) is 15.1. The first-order valence-electron chi connectivity index (χ1n) is 7.74. The number of pyridine rings is 1. The van der Waals surface area contributed by atoms with Crippen LogP contribution in [-0.4, -0.2) is 15.2 Å². The molecule has 0 aliphatic rings. The summed E-state index contributed by atoms with van der Waals surface area (Å²) in [5.74, 6) is 6.23. The molecule has 0 saturated carbocycles. The number of aromatic amines is 1. The van der Waals surface area contributed by atoms with Crippen LogP contribution in [0.4, 0.5) is 0 Å². The Morgan fingerprint density at radius 1 is 1.09 bits per heavy atom. The molecule has 1 N–H and O–H groups in total. The maximum absolute atomic E-state index is 4.44. The molecule has 0 radical (unpaired) electrons. The van der Waals surface area contributed by atoms with E-state index in [1.807, 2.05) is 18.2 Å². The van der Waals surface area contributed by atoms with Crippen molar-refractivity contribution in [1.82, 2.24) is 15.2 Å². The summed E-state index contributed by atoms with van der Waals surface area (Å²) in [4.78, 5) is 4.19. The van der Waals surface area contributed by atoms with Gasteiger partial charge in [0.25, 0.3) is 0 Å². The van der Waals surface area contributed by atoms with Gasteiger partial charge in [0, 0.05) is 30.3 Å². The normalized spacial score (nSPS) is 10.2. The highest BCUT2D eigenvalue weighted by Crippen LogP contribution is 2.23. The minimum absolute atomic E-state index is 0.783. The minimum atomic E-state index is 0.783. The van der Waals surface area contributed by atoms with E-state index >= 15 is 0 Å². The maximum atomic E-state index is 4.44. The fourth-order valence-electron chi connectivity index (χ4n) is 2.43. The van der Waals surface area contributed by atoms with E-state index in [4.69, 9.17) is 0 Å². The maximum Gasteiger partial charge on any atom is 0.113 e. The number of H-pyrrole nitrogens is 1. The van der Waals surface area contributed by atoms with Gasteiger partial charge in [0.05, 0.1) is 5.69 Å². The molecule has 23 heavy (non-hydrogen) atoms. The number of aromatic nitrogens is 3. The monoisotopic (exact) mass is 301 g/mol. The third-order valence-corrected chi connectivity index (χ3v) is 3.70. The number of nitrogens with one attached hydrogen (secondary N) is 1. The third-order valence-electron chi connectivity index (χ3n) is 3.70. The lowest BCUT2D eigenvalue weighted by molar-refractivity contribution is 0.929. The fraction of sp³-hybridized carbons (Fsp3) is 0.200. The number of hydrogen-bond acceptors (Lipinski definition) is 2. The van der Waals surface area contributed by atoms with Crippen LogP contribution in [-0.2, 0) is 6.42 Å². The molecule has 0 amide bonds. The van der Waals surface area contributed by atoms with Crippen molar-refractivity contribution in [2.24, 2.45) is 0 Å². The molecule has 0 saturated heterocycles. The summed E-state index contributed by atoms with van der Waals surface area (Å²) < 4.78 is 0. The van der Waals surface area contributed by atoms with Gasteiger partial charge in [-0.2, -0.15) is 5.10 Å². The zero-order chi connectivity index (χ0) is 16.1. The lowest BCUT2D eigenvalue weighted by Crippen LogP contribution is -1.84. The molecule has 0 aliphatic carbocycles. The van der Waals surface area contributed by atoms with Crippen molar-refractivity contribution in [3.63, 3.8) is 0 Å². The van der Waals surface area contributed by atoms with E-state index in [-0.39, 0.29) is 0 Å². The highest BCUT2D eigenvalue weighted by atomic mass is 15.1. The van der Waals surface area contributed by atoms with Gasteiger partial charge in [-0.25, -0.2) is 4.98 Å². The van der Waals surface area contributed by atoms with E-state index in [0.717, 1.165) is 29.9 Å². The smallest absolute Gasteiger partial charge is 0.113 e. The van der Waals surface area contributed by atoms with Crippen molar-refractivity contribution in [3.05, 3.63) is 71.2 Å². The first-order chi connectivity index (χ1) is 11.2. The zero-order valence-corrected chi connectivity index (χ0v) is 13.4. The van der Waals surface area contributed by atoms with Crippen LogP contribution in [0.25, 0.3) is 11.3 Å². The van der Waals surface area contributed by atoms with Crippen molar-refractivity contribution in [1.29, 1.82) is 0 Å². The standard InChI is InChI=1S/C20H19N3/c1-15-10-11-16(2)19(13-15)20-14-18(22-23-20)9-4-3-7-17-8-5-6-12-21-17/h5-6,8,10-14H,4,9H2,1-2H3,(H,22,23). The van der Waals surface area contributed by atoms with Gasteiger partial charge in [-0.05, 0) is 49.6 Å². The largest absolute Gasteiger partial charge is 0.282 e. The van der Waals surface area contributed by atoms with Crippen molar-refractivity contribution in [3.8, 4) is 23.1 Å². The number of hydrogen-bond donors (Lipinski definition) is 1. The van der Waals surface area contributed by atoms with Crippen LogP contribution >= 0.6 is 0 Å². The number of rotatable bonds is 3. The van der Waals surface area contributed by atoms with Gasteiger partial charge >= 0.3 is 0 Å². The van der Waals surface area contributed by atoms with Crippen LogP contribution in [0.5, 0.6) is 0 Å². The Hall–Kier alpha value is -2.86. The highest BCUT2D eigenvalue weighted by Gasteiger charge is 2.06. The Kier molecular flexibility index (Phi) is 4.54. The molecule has 0 unspecified atom stereocenters. The van der Waals surface area contributed by atoms with E-state index in [0.29, 0.717) is 0 Å². The SMILES string of the molecule is Cc1ccc(C)c(-c2cc(CCC#Cc3ccccn3)[nH]n2)c1. The van der Waals surface area contributed by atoms with E-state index in [1.165, 1.54) is 16.7 Å². The van der Waals surface area contributed by atoms with E-state index in [1.54, 1.807) is 6.20 Å². The summed E-state index contributed by atoms with van der Waals surface area (Å²) in [7, 11) is 0. The second kappa shape index (κ2) is 6.93. The summed E-state index contributed by atoms with van der Waals surface area (Å²) in [5, 5.41) is 7.56. The molecular weight excluding hydrogens is 282 g/mol. The summed E-state index contributed by atoms with van der Waals surface area (Å²) in [6.45, 7) is 4.21. The van der Waals surface area contributed by atoms with Crippen molar-refractivity contribution in [2.45, 2.75) is 26.7 Å². The Bertz CT molecular complexity index is 851. The zero-order valence-electron chi connectivity index (χ0n) is 13.4. The number of nitrogens with zero attached hydrogens (tertiary/aromatic N) is 2. The predicted octanol–water partition coefficient (Wildman–Crippen LogP) is 4.07. The van der Waals surface area contributed by atoms with Gasteiger partial charge in [-0.15, -0.1) is 0 Å². The molecular formula is C20H19N3. The minimum Gasteiger partial charge on any atom is -0.282 e. The highest BCUT2D eigenvalue weighted by molar-refractivity contribution is 5.64. The Balaban J connectivity index is 1.66. The fourth-order valence-corrected chi connectivity index (χ4v) is 2.43. The van der Waals surface area contributed by atoms with Crippen LogP contribution in [0.15, 0.2) is 48.7 Å². The lowest BCUT2D eigenvalue weighted by Gasteiger charge is -2.03. The molecule has 0 aliphatic heterocycles. The van der Waals surface area contributed by atoms with Crippen LogP contribution in [0, 0.1) is 25.7 Å². The van der Waals surface area contributed by atoms with Crippen molar-refractivity contribution >= 4 is 0 Å². The first-order valence-corrected chi connectivity index (χ1v) is 7.74. The second-order valence-corrected chi connectivity index (χ2v) is 5.61. The Labute approximate surface area is 136 Å². The molecule has 3 aromatic rings. The summed E-state index contributed by atoms with van der Waals surface area (Å²) in [6, 6.07) is 14.3. The molecule has 2 aromatic heterocycles. The average Bonchev–Trinajstić information content (AvgIpc) is 3.03. The van der Waals surface area contributed by atoms with Gasteiger partial charge in [0.15, 0.2) is 0 Å². The van der Waals surface area contributed by atoms with E-state index in [2.05, 4.69) is 65.1 Å². The Morgan fingerprint density at radius 2 is 2.00 bits per heavy atom. The topological polar surface area (TPSA) is 41.6 Å².